The van der Waals surface area contributed by atoms with Crippen molar-refractivity contribution in [2.75, 3.05) is 0 Å². The maximum atomic E-state index is 9.24. The van der Waals surface area contributed by atoms with Crippen LogP contribution < -0.4 is 5.46 Å². The van der Waals surface area contributed by atoms with E-state index < -0.39 is 7.12 Å². The summed E-state index contributed by atoms with van der Waals surface area (Å²) in [6.07, 6.45) is 0. The average Bonchev–Trinajstić information content (AvgIpc) is 2.00. The lowest BCUT2D eigenvalue weighted by atomic mass is 9.76. The van der Waals surface area contributed by atoms with Gasteiger partial charge >= 0.3 is 7.12 Å². The first kappa shape index (κ1) is 9.10. The molecule has 3 N–H and O–H groups in total. The van der Waals surface area contributed by atoms with Gasteiger partial charge in [-0.3, -0.25) is 0 Å². The molecule has 0 aliphatic rings. The number of hydrogen-bond acceptors (Lipinski definition) is 3. The molecule has 0 heterocycles. The van der Waals surface area contributed by atoms with E-state index in [-0.39, 0.29) is 5.75 Å². The van der Waals surface area contributed by atoms with Crippen LogP contribution in [-0.4, -0.2) is 22.3 Å². The van der Waals surface area contributed by atoms with Crippen molar-refractivity contribution in [3.05, 3.63) is 23.3 Å². The largest absolute Gasteiger partial charge is 0.508 e. The van der Waals surface area contributed by atoms with Gasteiger partial charge in [0.1, 0.15) is 5.75 Å². The SMILES string of the molecule is Cc1c(O)ccc(B(O)O)c1C. The summed E-state index contributed by atoms with van der Waals surface area (Å²) < 4.78 is 0. The van der Waals surface area contributed by atoms with E-state index in [9.17, 15) is 5.11 Å². The molecule has 0 atom stereocenters. The molecule has 0 radical (unpaired) electrons. The van der Waals surface area contributed by atoms with Crippen molar-refractivity contribution >= 4 is 12.6 Å². The van der Waals surface area contributed by atoms with Gasteiger partial charge in [-0.15, -0.1) is 0 Å². The highest BCUT2D eigenvalue weighted by Gasteiger charge is 2.15. The fraction of sp³-hybridized carbons (Fsp3) is 0.250. The number of hydrogen-bond donors (Lipinski definition) is 3. The summed E-state index contributed by atoms with van der Waals surface area (Å²) in [4.78, 5) is 0. The van der Waals surface area contributed by atoms with Crippen LogP contribution in [0.15, 0.2) is 12.1 Å². The van der Waals surface area contributed by atoms with E-state index in [4.69, 9.17) is 10.0 Å². The summed E-state index contributed by atoms with van der Waals surface area (Å²) >= 11 is 0. The van der Waals surface area contributed by atoms with Crippen molar-refractivity contribution in [2.45, 2.75) is 13.8 Å². The number of rotatable bonds is 1. The standard InChI is InChI=1S/C8H11BO3/c1-5-6(2)8(10)4-3-7(5)9(11)12/h3-4,10-12H,1-2H3. The predicted octanol–water partition coefficient (Wildman–Crippen LogP) is -0.311. The first-order valence-electron chi connectivity index (χ1n) is 3.69. The highest BCUT2D eigenvalue weighted by molar-refractivity contribution is 6.59. The van der Waals surface area contributed by atoms with Gasteiger partial charge in [-0.2, -0.15) is 0 Å². The van der Waals surface area contributed by atoms with Crippen molar-refractivity contribution < 1.29 is 15.2 Å². The zero-order valence-corrected chi connectivity index (χ0v) is 7.07. The maximum Gasteiger partial charge on any atom is 0.488 e. The molecular weight excluding hydrogens is 155 g/mol. The Morgan fingerprint density at radius 1 is 1.08 bits per heavy atom. The summed E-state index contributed by atoms with van der Waals surface area (Å²) in [5, 5.41) is 27.0. The van der Waals surface area contributed by atoms with Gasteiger partial charge in [0, 0.05) is 0 Å². The zero-order valence-electron chi connectivity index (χ0n) is 7.07. The quantitative estimate of drug-likeness (QED) is 0.501. The molecule has 0 bridgehead atoms. The fourth-order valence-corrected chi connectivity index (χ4v) is 1.11. The molecule has 0 aliphatic heterocycles. The number of benzene rings is 1. The minimum Gasteiger partial charge on any atom is -0.508 e. The molecule has 4 heteroatoms. The summed E-state index contributed by atoms with van der Waals surface area (Å²) in [6.45, 7) is 3.47. The van der Waals surface area contributed by atoms with Crippen LogP contribution in [0.25, 0.3) is 0 Å². The second kappa shape index (κ2) is 3.17. The van der Waals surface area contributed by atoms with Crippen LogP contribution in [-0.2, 0) is 0 Å². The molecular formula is C8H11BO3. The molecule has 0 fully saturated rings. The third-order valence-electron chi connectivity index (χ3n) is 2.08. The number of aromatic hydroxyl groups is 1. The minimum absolute atomic E-state index is 0.178. The lowest BCUT2D eigenvalue weighted by Gasteiger charge is -2.08. The van der Waals surface area contributed by atoms with E-state index in [0.29, 0.717) is 16.6 Å². The second-order valence-corrected chi connectivity index (χ2v) is 2.80. The molecule has 1 aromatic carbocycles. The smallest absolute Gasteiger partial charge is 0.488 e. The molecule has 0 aromatic heterocycles. The van der Waals surface area contributed by atoms with Gasteiger partial charge in [0.25, 0.3) is 0 Å². The first-order chi connectivity index (χ1) is 5.54. The van der Waals surface area contributed by atoms with Crippen LogP contribution in [0.3, 0.4) is 0 Å². The maximum absolute atomic E-state index is 9.24. The van der Waals surface area contributed by atoms with Crippen LogP contribution in [0.5, 0.6) is 5.75 Å². The predicted molar refractivity (Wildman–Crippen MR) is 47.4 cm³/mol. The van der Waals surface area contributed by atoms with Crippen LogP contribution >= 0.6 is 0 Å². The topological polar surface area (TPSA) is 60.7 Å². The van der Waals surface area contributed by atoms with Crippen molar-refractivity contribution in [2.24, 2.45) is 0 Å². The molecule has 0 amide bonds. The molecule has 3 nitrogen and oxygen atoms in total. The van der Waals surface area contributed by atoms with Crippen molar-refractivity contribution in [1.29, 1.82) is 0 Å². The molecule has 12 heavy (non-hydrogen) atoms. The zero-order chi connectivity index (χ0) is 9.30. The second-order valence-electron chi connectivity index (χ2n) is 2.80. The Hall–Kier alpha value is -0.995. The van der Waals surface area contributed by atoms with Crippen LogP contribution in [0.1, 0.15) is 11.1 Å². The molecule has 0 unspecified atom stereocenters. The van der Waals surface area contributed by atoms with Gasteiger partial charge < -0.3 is 15.2 Å². The Bertz CT molecular complexity index is 297. The molecule has 1 aromatic rings. The van der Waals surface area contributed by atoms with Crippen LogP contribution in [0.4, 0.5) is 0 Å². The van der Waals surface area contributed by atoms with E-state index in [1.54, 1.807) is 13.8 Å². The Labute approximate surface area is 71.4 Å². The molecule has 64 valence electrons. The van der Waals surface area contributed by atoms with E-state index in [1.165, 1.54) is 12.1 Å². The molecule has 0 saturated heterocycles. The van der Waals surface area contributed by atoms with Crippen LogP contribution in [0.2, 0.25) is 0 Å². The normalized spacial score (nSPS) is 10.0. The minimum atomic E-state index is -1.47. The van der Waals surface area contributed by atoms with Gasteiger partial charge in [-0.25, -0.2) is 0 Å². The Morgan fingerprint density at radius 2 is 1.67 bits per heavy atom. The van der Waals surface area contributed by atoms with Gasteiger partial charge in [-0.05, 0) is 36.5 Å². The molecule has 0 saturated carbocycles. The Balaban J connectivity index is 3.27. The lowest BCUT2D eigenvalue weighted by molar-refractivity contribution is 0.425. The fourth-order valence-electron chi connectivity index (χ4n) is 1.11. The van der Waals surface area contributed by atoms with Crippen molar-refractivity contribution in [3.8, 4) is 5.75 Å². The Kier molecular flexibility index (Phi) is 2.40. The van der Waals surface area contributed by atoms with E-state index in [1.807, 2.05) is 0 Å². The van der Waals surface area contributed by atoms with Gasteiger partial charge in [0.05, 0.1) is 0 Å². The summed E-state index contributed by atoms with van der Waals surface area (Å²) in [7, 11) is -1.47. The Morgan fingerprint density at radius 3 is 2.17 bits per heavy atom. The number of phenols is 1. The monoisotopic (exact) mass is 166 g/mol. The highest BCUT2D eigenvalue weighted by atomic mass is 16.4. The summed E-state index contributed by atoms with van der Waals surface area (Å²) in [5.74, 6) is 0.178. The summed E-state index contributed by atoms with van der Waals surface area (Å²) in [6, 6.07) is 2.96. The third-order valence-corrected chi connectivity index (χ3v) is 2.08. The van der Waals surface area contributed by atoms with E-state index in [0.717, 1.165) is 0 Å². The van der Waals surface area contributed by atoms with E-state index in [2.05, 4.69) is 0 Å². The third kappa shape index (κ3) is 1.44. The van der Waals surface area contributed by atoms with Gasteiger partial charge in [0.2, 0.25) is 0 Å². The first-order valence-corrected chi connectivity index (χ1v) is 3.69. The van der Waals surface area contributed by atoms with Gasteiger partial charge in [-0.1, -0.05) is 6.07 Å². The molecule has 1 rings (SSSR count). The average molecular weight is 166 g/mol. The van der Waals surface area contributed by atoms with Gasteiger partial charge in [0.15, 0.2) is 0 Å². The highest BCUT2D eigenvalue weighted by Crippen LogP contribution is 2.17. The van der Waals surface area contributed by atoms with Crippen LogP contribution in [0, 0.1) is 13.8 Å². The molecule has 0 spiro atoms. The lowest BCUT2D eigenvalue weighted by Crippen LogP contribution is -2.32. The van der Waals surface area contributed by atoms with Crippen molar-refractivity contribution in [3.63, 3.8) is 0 Å². The van der Waals surface area contributed by atoms with E-state index >= 15 is 0 Å². The van der Waals surface area contributed by atoms with Crippen molar-refractivity contribution in [1.82, 2.24) is 0 Å². The summed E-state index contributed by atoms with van der Waals surface area (Å²) in [5.41, 5.74) is 1.83. The molecule has 0 aliphatic carbocycles. The number of phenolic OH excluding ortho intramolecular Hbond substituents is 1.